The highest BCUT2D eigenvalue weighted by molar-refractivity contribution is 5.96. The number of aromatic amines is 1. The number of phenols is 1. The van der Waals surface area contributed by atoms with Crippen molar-refractivity contribution < 1.29 is 34.2 Å². The van der Waals surface area contributed by atoms with Crippen LogP contribution in [-0.4, -0.2) is 80.5 Å². The second-order valence-electron chi connectivity index (χ2n) is 9.23. The number of unbranched alkanes of at least 4 members (excludes halogenated alkanes) is 1. The van der Waals surface area contributed by atoms with Gasteiger partial charge in [-0.3, -0.25) is 19.2 Å². The zero-order valence-electron chi connectivity index (χ0n) is 21.8. The van der Waals surface area contributed by atoms with E-state index in [4.69, 9.17) is 17.2 Å². The molecule has 40 heavy (non-hydrogen) atoms. The van der Waals surface area contributed by atoms with Gasteiger partial charge < -0.3 is 48.3 Å². The van der Waals surface area contributed by atoms with Crippen LogP contribution in [0, 0.1) is 0 Å². The fourth-order valence-electron chi connectivity index (χ4n) is 3.77. The second kappa shape index (κ2) is 15.8. The SMILES string of the molecule is NCCCCC(N)C(=O)NC(CC(N)=O)C(=O)NC(Cc1cnc[nH]1)C(=O)NC(Cc1ccc(O)cc1)C(=O)O. The number of hydrogen-bond acceptors (Lipinski definition) is 9. The van der Waals surface area contributed by atoms with Crippen LogP contribution in [0.5, 0.6) is 5.75 Å². The molecule has 0 saturated carbocycles. The summed E-state index contributed by atoms with van der Waals surface area (Å²) in [5.41, 5.74) is 17.6. The molecule has 15 heteroatoms. The van der Waals surface area contributed by atoms with Crippen molar-refractivity contribution in [2.75, 3.05) is 6.54 Å². The van der Waals surface area contributed by atoms with Crippen LogP contribution in [0.2, 0.25) is 0 Å². The van der Waals surface area contributed by atoms with Crippen LogP contribution in [-0.2, 0) is 36.8 Å². The predicted octanol–water partition coefficient (Wildman–Crippen LogP) is -2.23. The zero-order valence-corrected chi connectivity index (χ0v) is 21.8. The molecule has 4 unspecified atom stereocenters. The number of rotatable bonds is 17. The maximum Gasteiger partial charge on any atom is 0.326 e. The highest BCUT2D eigenvalue weighted by atomic mass is 16.4. The Morgan fingerprint density at radius 2 is 1.52 bits per heavy atom. The van der Waals surface area contributed by atoms with E-state index < -0.39 is 60.2 Å². The minimum absolute atomic E-state index is 0.00360. The van der Waals surface area contributed by atoms with Crippen molar-refractivity contribution in [1.82, 2.24) is 25.9 Å². The number of H-pyrrole nitrogens is 1. The molecule has 0 fully saturated rings. The van der Waals surface area contributed by atoms with Crippen molar-refractivity contribution in [1.29, 1.82) is 0 Å². The predicted molar refractivity (Wildman–Crippen MR) is 142 cm³/mol. The fourth-order valence-corrected chi connectivity index (χ4v) is 3.77. The summed E-state index contributed by atoms with van der Waals surface area (Å²) >= 11 is 0. The molecule has 4 atom stereocenters. The third kappa shape index (κ3) is 10.7. The average Bonchev–Trinajstić information content (AvgIpc) is 3.41. The molecule has 2 rings (SSSR count). The van der Waals surface area contributed by atoms with Gasteiger partial charge in [-0.15, -0.1) is 0 Å². The number of carboxylic acid groups (broad SMARTS) is 1. The molecule has 0 aliphatic rings. The van der Waals surface area contributed by atoms with E-state index in [-0.39, 0.29) is 18.6 Å². The van der Waals surface area contributed by atoms with Gasteiger partial charge in [-0.25, -0.2) is 9.78 Å². The summed E-state index contributed by atoms with van der Waals surface area (Å²) in [6, 6.07) is 0.706. The molecule has 0 bridgehead atoms. The summed E-state index contributed by atoms with van der Waals surface area (Å²) < 4.78 is 0. The Hall–Kier alpha value is -4.50. The Bertz CT molecular complexity index is 1140. The Labute approximate surface area is 230 Å². The smallest absolute Gasteiger partial charge is 0.326 e. The number of aliphatic carboxylic acids is 1. The first-order valence-electron chi connectivity index (χ1n) is 12.6. The van der Waals surface area contributed by atoms with Crippen LogP contribution in [0.25, 0.3) is 0 Å². The lowest BCUT2D eigenvalue weighted by molar-refractivity contribution is -0.142. The van der Waals surface area contributed by atoms with Crippen LogP contribution in [0.4, 0.5) is 0 Å². The molecule has 0 aliphatic heterocycles. The van der Waals surface area contributed by atoms with Gasteiger partial charge in [-0.2, -0.15) is 0 Å². The lowest BCUT2D eigenvalue weighted by atomic mass is 10.0. The molecule has 0 aliphatic carbocycles. The van der Waals surface area contributed by atoms with Crippen LogP contribution < -0.4 is 33.2 Å². The Morgan fingerprint density at radius 1 is 0.900 bits per heavy atom. The molecule has 1 aromatic carbocycles. The number of nitrogens with one attached hydrogen (secondary N) is 4. The van der Waals surface area contributed by atoms with Crippen LogP contribution in [0.15, 0.2) is 36.8 Å². The number of aromatic nitrogens is 2. The first-order chi connectivity index (χ1) is 19.0. The van der Waals surface area contributed by atoms with Gasteiger partial charge in [-0.05, 0) is 37.1 Å². The van der Waals surface area contributed by atoms with Gasteiger partial charge >= 0.3 is 5.97 Å². The summed E-state index contributed by atoms with van der Waals surface area (Å²) in [5, 5.41) is 26.4. The number of carbonyl (C=O) groups is 5. The molecule has 0 radical (unpaired) electrons. The van der Waals surface area contributed by atoms with E-state index in [2.05, 4.69) is 25.9 Å². The van der Waals surface area contributed by atoms with Crippen molar-refractivity contribution in [3.8, 4) is 5.75 Å². The Kier molecular flexibility index (Phi) is 12.5. The molecule has 218 valence electrons. The zero-order chi connectivity index (χ0) is 29.7. The average molecular weight is 561 g/mol. The first-order valence-corrected chi connectivity index (χ1v) is 12.6. The number of nitrogens with two attached hydrogens (primary N) is 3. The second-order valence-corrected chi connectivity index (χ2v) is 9.23. The molecule has 1 aromatic heterocycles. The largest absolute Gasteiger partial charge is 0.508 e. The third-order valence-electron chi connectivity index (χ3n) is 5.95. The van der Waals surface area contributed by atoms with Crippen molar-refractivity contribution in [2.45, 2.75) is 62.7 Å². The standard InChI is InChI=1S/C25H36N8O7/c26-8-2-1-3-17(27)22(36)31-19(11-21(28)35)24(38)32-18(10-15-12-29-13-30-15)23(37)33-20(25(39)40)9-14-4-6-16(34)7-5-14/h4-7,12-13,17-20,34H,1-3,8-11,26-27H2,(H2,28,35)(H,29,30)(H,31,36)(H,32,38)(H,33,37)(H,39,40). The third-order valence-corrected chi connectivity index (χ3v) is 5.95. The quantitative estimate of drug-likeness (QED) is 0.0939. The van der Waals surface area contributed by atoms with E-state index in [9.17, 15) is 34.2 Å². The van der Waals surface area contributed by atoms with Crippen molar-refractivity contribution >= 4 is 29.6 Å². The number of imidazole rings is 1. The Morgan fingerprint density at radius 3 is 2.10 bits per heavy atom. The molecule has 0 spiro atoms. The van der Waals surface area contributed by atoms with Gasteiger partial charge in [0.2, 0.25) is 23.6 Å². The van der Waals surface area contributed by atoms with E-state index in [0.29, 0.717) is 37.1 Å². The van der Waals surface area contributed by atoms with E-state index in [1.54, 1.807) is 0 Å². The minimum Gasteiger partial charge on any atom is -0.508 e. The van der Waals surface area contributed by atoms with Gasteiger partial charge in [0.25, 0.3) is 0 Å². The number of phenolic OH excluding ortho intramolecular Hbond substituents is 1. The summed E-state index contributed by atoms with van der Waals surface area (Å²) in [4.78, 5) is 69.1. The molecule has 4 amide bonds. The molecule has 2 aromatic rings. The topological polar surface area (TPSA) is 269 Å². The highest BCUT2D eigenvalue weighted by Gasteiger charge is 2.31. The monoisotopic (exact) mass is 560 g/mol. The molecular weight excluding hydrogens is 524 g/mol. The van der Waals surface area contributed by atoms with Crippen molar-refractivity contribution in [2.24, 2.45) is 17.2 Å². The lowest BCUT2D eigenvalue weighted by Gasteiger charge is -2.24. The molecule has 0 saturated heterocycles. The summed E-state index contributed by atoms with van der Waals surface area (Å²) in [7, 11) is 0. The van der Waals surface area contributed by atoms with Crippen molar-refractivity contribution in [3.05, 3.63) is 48.0 Å². The Balaban J connectivity index is 2.18. The van der Waals surface area contributed by atoms with E-state index >= 15 is 0 Å². The number of amides is 4. The van der Waals surface area contributed by atoms with Gasteiger partial charge in [-0.1, -0.05) is 18.6 Å². The number of primary amides is 1. The number of aromatic hydroxyl groups is 1. The van der Waals surface area contributed by atoms with Crippen molar-refractivity contribution in [3.63, 3.8) is 0 Å². The minimum atomic E-state index is -1.44. The summed E-state index contributed by atoms with van der Waals surface area (Å²) in [6.45, 7) is 0.429. The molecular formula is C25H36N8O7. The van der Waals surface area contributed by atoms with Gasteiger partial charge in [0.05, 0.1) is 18.8 Å². The van der Waals surface area contributed by atoms with Gasteiger partial charge in [0.1, 0.15) is 23.9 Å². The summed E-state index contributed by atoms with van der Waals surface area (Å²) in [6.07, 6.45) is 3.54. The maximum atomic E-state index is 13.2. The normalized spacial score (nSPS) is 13.8. The maximum absolute atomic E-state index is 13.2. The number of nitrogens with zero attached hydrogens (tertiary/aromatic N) is 1. The molecule has 15 nitrogen and oxygen atoms in total. The summed E-state index contributed by atoms with van der Waals surface area (Å²) in [5.74, 6) is -4.63. The number of hydrogen-bond donors (Lipinski definition) is 9. The van der Waals surface area contributed by atoms with Gasteiger partial charge in [0.15, 0.2) is 0 Å². The van der Waals surface area contributed by atoms with E-state index in [1.807, 2.05) is 0 Å². The van der Waals surface area contributed by atoms with E-state index in [0.717, 1.165) is 0 Å². The van der Waals surface area contributed by atoms with Crippen LogP contribution in [0.3, 0.4) is 0 Å². The first kappa shape index (κ1) is 31.7. The molecule has 12 N–H and O–H groups in total. The fraction of sp³-hybridized carbons (Fsp3) is 0.440. The number of carbonyl (C=O) groups excluding carboxylic acids is 4. The van der Waals surface area contributed by atoms with E-state index in [1.165, 1.54) is 36.8 Å². The number of carboxylic acids is 1. The molecule has 1 heterocycles. The highest BCUT2D eigenvalue weighted by Crippen LogP contribution is 2.12. The van der Waals surface area contributed by atoms with Crippen LogP contribution >= 0.6 is 0 Å². The van der Waals surface area contributed by atoms with Crippen LogP contribution in [0.1, 0.15) is 36.9 Å². The van der Waals surface area contributed by atoms with Gasteiger partial charge in [0, 0.05) is 24.7 Å². The lowest BCUT2D eigenvalue weighted by Crippen LogP contribution is -2.58. The number of benzene rings is 1.